The molecule has 184 valence electrons. The van der Waals surface area contributed by atoms with Gasteiger partial charge in [0.1, 0.15) is 17.5 Å². The minimum absolute atomic E-state index is 0.00427. The van der Waals surface area contributed by atoms with Gasteiger partial charge in [0.05, 0.1) is 28.0 Å². The number of aryl methyl sites for hydroxylation is 1. The van der Waals surface area contributed by atoms with Crippen molar-refractivity contribution in [1.29, 1.82) is 0 Å². The van der Waals surface area contributed by atoms with Crippen LogP contribution in [0.25, 0.3) is 10.9 Å². The van der Waals surface area contributed by atoms with Crippen LogP contribution < -0.4 is 10.9 Å². The van der Waals surface area contributed by atoms with E-state index in [0.29, 0.717) is 42.1 Å². The minimum atomic E-state index is -2.96. The molecule has 3 aromatic rings. The molecule has 1 amide bonds. The molecule has 1 aliphatic rings. The number of fused-ring (bicyclic) bond motifs is 1. The smallest absolute Gasteiger partial charge is 0.266 e. The second-order valence-electron chi connectivity index (χ2n) is 9.00. The van der Waals surface area contributed by atoms with Gasteiger partial charge >= 0.3 is 0 Å². The minimum Gasteiger partial charge on any atom is -0.359 e. The maximum absolute atomic E-state index is 14.9. The SMILES string of the molecule is C=C[C@@H](Nc1nc(C)nc2cc(=O)n(C3(C)CCN(C(C)=O)C3)cc12)c1cccc(C(F)F)c1F. The van der Waals surface area contributed by atoms with Crippen molar-refractivity contribution in [2.45, 2.75) is 45.2 Å². The summed E-state index contributed by atoms with van der Waals surface area (Å²) < 4.78 is 42.9. The average molecular weight is 486 g/mol. The molecular formula is C25H26F3N5O2. The number of hydrogen-bond acceptors (Lipinski definition) is 5. The average Bonchev–Trinajstić information content (AvgIpc) is 3.20. The Morgan fingerprint density at radius 1 is 1.29 bits per heavy atom. The molecule has 1 saturated heterocycles. The molecule has 35 heavy (non-hydrogen) atoms. The van der Waals surface area contributed by atoms with Crippen LogP contribution in [0, 0.1) is 12.7 Å². The molecule has 0 spiro atoms. The largest absolute Gasteiger partial charge is 0.359 e. The van der Waals surface area contributed by atoms with E-state index >= 15 is 0 Å². The fraction of sp³-hybridized carbons (Fsp3) is 0.360. The summed E-state index contributed by atoms with van der Waals surface area (Å²) in [5, 5.41) is 3.57. The second kappa shape index (κ2) is 9.16. The molecule has 1 fully saturated rings. The highest BCUT2D eigenvalue weighted by atomic mass is 19.3. The Kier molecular flexibility index (Phi) is 6.40. The first-order chi connectivity index (χ1) is 16.5. The maximum atomic E-state index is 14.9. The molecule has 7 nitrogen and oxygen atoms in total. The Balaban J connectivity index is 1.80. The molecular weight excluding hydrogens is 459 g/mol. The third-order valence-electron chi connectivity index (χ3n) is 6.48. The van der Waals surface area contributed by atoms with E-state index in [1.807, 2.05) is 6.92 Å². The van der Waals surface area contributed by atoms with Gasteiger partial charge in [0.15, 0.2) is 0 Å². The highest BCUT2D eigenvalue weighted by Crippen LogP contribution is 2.32. The Hall–Kier alpha value is -3.69. The number of aromatic nitrogens is 3. The third kappa shape index (κ3) is 4.52. The number of rotatable bonds is 6. The molecule has 1 N–H and O–H groups in total. The predicted octanol–water partition coefficient (Wildman–Crippen LogP) is 4.48. The van der Waals surface area contributed by atoms with E-state index in [9.17, 15) is 22.8 Å². The molecule has 0 aliphatic carbocycles. The number of benzene rings is 1. The van der Waals surface area contributed by atoms with E-state index in [4.69, 9.17) is 0 Å². The lowest BCUT2D eigenvalue weighted by Gasteiger charge is -2.28. The molecule has 2 aromatic heterocycles. The number of carbonyl (C=O) groups is 1. The number of anilines is 1. The van der Waals surface area contributed by atoms with Gasteiger partial charge in [-0.15, -0.1) is 6.58 Å². The fourth-order valence-electron chi connectivity index (χ4n) is 4.55. The summed E-state index contributed by atoms with van der Waals surface area (Å²) in [7, 11) is 0. The second-order valence-corrected chi connectivity index (χ2v) is 9.00. The standard InChI is InChI=1S/C25H26F3N5O2/c1-5-19(16-7-6-8-17(22(16)26)23(27)28)31-24-18-12-33(21(35)11-20(18)29-14(2)30-24)25(4)9-10-32(13-25)15(3)34/h5-8,11-12,19,23H,1,9-10,13H2,2-4H3,(H,29,30,31)/t19-,25?/m1/s1. The number of nitrogens with one attached hydrogen (secondary N) is 1. The van der Waals surface area contributed by atoms with Gasteiger partial charge in [-0.3, -0.25) is 9.59 Å². The van der Waals surface area contributed by atoms with Crippen molar-refractivity contribution in [3.63, 3.8) is 0 Å². The van der Waals surface area contributed by atoms with Crippen molar-refractivity contribution in [2.75, 3.05) is 18.4 Å². The first-order valence-corrected chi connectivity index (χ1v) is 11.2. The molecule has 2 atom stereocenters. The first kappa shape index (κ1) is 24.4. The zero-order valence-electron chi connectivity index (χ0n) is 19.7. The molecule has 10 heteroatoms. The number of nitrogens with zero attached hydrogens (tertiary/aromatic N) is 4. The lowest BCUT2D eigenvalue weighted by molar-refractivity contribution is -0.128. The first-order valence-electron chi connectivity index (χ1n) is 11.2. The van der Waals surface area contributed by atoms with E-state index < -0.39 is 29.4 Å². The quantitative estimate of drug-likeness (QED) is 0.521. The number of carbonyl (C=O) groups excluding carboxylic acids is 1. The van der Waals surface area contributed by atoms with Crippen LogP contribution in [0.1, 0.15) is 49.7 Å². The van der Waals surface area contributed by atoms with Crippen molar-refractivity contribution < 1.29 is 18.0 Å². The van der Waals surface area contributed by atoms with Crippen molar-refractivity contribution in [2.24, 2.45) is 0 Å². The van der Waals surface area contributed by atoms with Crippen molar-refractivity contribution in [3.8, 4) is 0 Å². The van der Waals surface area contributed by atoms with Crippen LogP contribution in [0.4, 0.5) is 19.0 Å². The van der Waals surface area contributed by atoms with Crippen molar-refractivity contribution in [3.05, 3.63) is 76.2 Å². The highest BCUT2D eigenvalue weighted by Gasteiger charge is 2.37. The molecule has 1 aliphatic heterocycles. The van der Waals surface area contributed by atoms with Gasteiger partial charge < -0.3 is 14.8 Å². The lowest BCUT2D eigenvalue weighted by atomic mass is 10.0. The zero-order valence-corrected chi connectivity index (χ0v) is 19.7. The molecule has 1 aromatic carbocycles. The van der Waals surface area contributed by atoms with Gasteiger partial charge in [-0.1, -0.05) is 24.3 Å². The molecule has 3 heterocycles. The summed E-state index contributed by atoms with van der Waals surface area (Å²) in [6, 6.07) is 4.34. The fourth-order valence-corrected chi connectivity index (χ4v) is 4.55. The Morgan fingerprint density at radius 3 is 2.63 bits per heavy atom. The molecule has 1 unspecified atom stereocenters. The number of likely N-dealkylation sites (tertiary alicyclic amines) is 1. The van der Waals surface area contributed by atoms with Crippen molar-refractivity contribution in [1.82, 2.24) is 19.4 Å². The van der Waals surface area contributed by atoms with Crippen LogP contribution in [0.2, 0.25) is 0 Å². The lowest BCUT2D eigenvalue weighted by Crippen LogP contribution is -2.41. The molecule has 0 bridgehead atoms. The van der Waals surface area contributed by atoms with E-state index in [0.717, 1.165) is 6.07 Å². The Morgan fingerprint density at radius 2 is 2.00 bits per heavy atom. The van der Waals surface area contributed by atoms with Gasteiger partial charge in [-0.05, 0) is 20.3 Å². The van der Waals surface area contributed by atoms with Crippen LogP contribution in [-0.2, 0) is 10.3 Å². The number of pyridine rings is 1. The number of amides is 1. The summed E-state index contributed by atoms with van der Waals surface area (Å²) >= 11 is 0. The van der Waals surface area contributed by atoms with E-state index in [1.54, 1.807) is 22.6 Å². The van der Waals surface area contributed by atoms with Crippen LogP contribution in [0.3, 0.4) is 0 Å². The number of alkyl halides is 2. The van der Waals surface area contributed by atoms with Gasteiger partial charge in [-0.2, -0.15) is 0 Å². The molecule has 0 radical (unpaired) electrons. The monoisotopic (exact) mass is 485 g/mol. The number of hydrogen-bond donors (Lipinski definition) is 1. The summed E-state index contributed by atoms with van der Waals surface area (Å²) in [5.74, 6) is -0.407. The van der Waals surface area contributed by atoms with E-state index in [1.165, 1.54) is 31.2 Å². The predicted molar refractivity (Wildman–Crippen MR) is 127 cm³/mol. The summed E-state index contributed by atoms with van der Waals surface area (Å²) in [5.41, 5.74) is -1.22. The number of halogens is 3. The van der Waals surface area contributed by atoms with Crippen LogP contribution in [-0.4, -0.2) is 38.4 Å². The van der Waals surface area contributed by atoms with Crippen LogP contribution >= 0.6 is 0 Å². The summed E-state index contributed by atoms with van der Waals surface area (Å²) in [6.45, 7) is 9.69. The third-order valence-corrected chi connectivity index (χ3v) is 6.48. The molecule has 0 saturated carbocycles. The topological polar surface area (TPSA) is 80.1 Å². The van der Waals surface area contributed by atoms with Crippen LogP contribution in [0.15, 0.2) is 47.9 Å². The molecule has 4 rings (SSSR count). The summed E-state index contributed by atoms with van der Waals surface area (Å²) in [6.07, 6.45) is 0.665. The van der Waals surface area contributed by atoms with Gasteiger partial charge in [0.25, 0.3) is 12.0 Å². The van der Waals surface area contributed by atoms with Gasteiger partial charge in [-0.25, -0.2) is 23.1 Å². The maximum Gasteiger partial charge on any atom is 0.266 e. The Bertz CT molecular complexity index is 1370. The zero-order chi connectivity index (χ0) is 25.5. The van der Waals surface area contributed by atoms with Gasteiger partial charge in [0.2, 0.25) is 5.91 Å². The van der Waals surface area contributed by atoms with E-state index in [2.05, 4.69) is 21.9 Å². The Labute approximate surface area is 200 Å². The highest BCUT2D eigenvalue weighted by molar-refractivity contribution is 5.88. The van der Waals surface area contributed by atoms with Crippen LogP contribution in [0.5, 0.6) is 0 Å². The van der Waals surface area contributed by atoms with E-state index in [-0.39, 0.29) is 17.0 Å². The normalized spacial score (nSPS) is 18.8. The van der Waals surface area contributed by atoms with Crippen molar-refractivity contribution >= 4 is 22.6 Å². The van der Waals surface area contributed by atoms with Gasteiger partial charge in [0, 0.05) is 37.8 Å². The summed E-state index contributed by atoms with van der Waals surface area (Å²) in [4.78, 5) is 35.4.